The molecule has 4 rings (SSSR count). The minimum absolute atomic E-state index is 0.000170. The molecule has 2 heterocycles. The second-order valence-electron chi connectivity index (χ2n) is 5.89. The van der Waals surface area contributed by atoms with Crippen molar-refractivity contribution in [2.24, 2.45) is 0 Å². The van der Waals surface area contributed by atoms with Crippen molar-refractivity contribution in [3.05, 3.63) is 53.6 Å². The summed E-state index contributed by atoms with van der Waals surface area (Å²) in [6.45, 7) is 2.65. The predicted molar refractivity (Wildman–Crippen MR) is 87.9 cm³/mol. The fourth-order valence-corrected chi connectivity index (χ4v) is 2.82. The average molecular weight is 308 g/mol. The fourth-order valence-electron chi connectivity index (χ4n) is 2.82. The van der Waals surface area contributed by atoms with Crippen LogP contribution in [0.5, 0.6) is 17.2 Å². The van der Waals surface area contributed by atoms with Crippen molar-refractivity contribution in [2.75, 3.05) is 6.61 Å². The molecule has 4 heteroatoms. The van der Waals surface area contributed by atoms with E-state index < -0.39 is 0 Å². The highest BCUT2D eigenvalue weighted by molar-refractivity contribution is 5.85. The Morgan fingerprint density at radius 3 is 2.52 bits per heavy atom. The molecule has 23 heavy (non-hydrogen) atoms. The van der Waals surface area contributed by atoms with E-state index in [2.05, 4.69) is 19.1 Å². The highest BCUT2D eigenvalue weighted by Crippen LogP contribution is 2.36. The Hall–Kier alpha value is -2.88. The van der Waals surface area contributed by atoms with Gasteiger partial charge in [-0.25, -0.2) is 0 Å². The second kappa shape index (κ2) is 5.09. The number of ether oxygens (including phenoxy) is 1. The van der Waals surface area contributed by atoms with Crippen LogP contribution in [0.1, 0.15) is 12.5 Å². The first kappa shape index (κ1) is 13.8. The lowest BCUT2D eigenvalue weighted by Crippen LogP contribution is -1.97. The molecule has 116 valence electrons. The van der Waals surface area contributed by atoms with Gasteiger partial charge in [-0.2, -0.15) is 0 Å². The topological polar surface area (TPSA) is 62.8 Å². The molecule has 4 nitrogen and oxygen atoms in total. The maximum Gasteiger partial charge on any atom is 0.138 e. The zero-order valence-corrected chi connectivity index (χ0v) is 12.7. The van der Waals surface area contributed by atoms with Crippen molar-refractivity contribution >= 4 is 11.0 Å². The zero-order valence-electron chi connectivity index (χ0n) is 12.7. The molecule has 2 aromatic carbocycles. The standard InChI is InChI=1S/C19H16O4/c1-11-2-3-12-4-13-7-18(14-5-15(20)8-16(21)6-14)23-19(13)9-17(12)22-10-11/h2,4-9,20-21H,3,10H2,1H3. The predicted octanol–water partition coefficient (Wildman–Crippen LogP) is 4.39. The van der Waals surface area contributed by atoms with E-state index in [9.17, 15) is 10.2 Å². The Kier molecular flexibility index (Phi) is 3.05. The van der Waals surface area contributed by atoms with Gasteiger partial charge in [-0.05, 0) is 48.7 Å². The molecular weight excluding hydrogens is 292 g/mol. The monoisotopic (exact) mass is 308 g/mol. The maximum atomic E-state index is 9.63. The molecule has 2 N–H and O–H groups in total. The van der Waals surface area contributed by atoms with E-state index in [1.807, 2.05) is 12.1 Å². The first-order chi connectivity index (χ1) is 11.1. The number of fused-ring (bicyclic) bond motifs is 2. The smallest absolute Gasteiger partial charge is 0.138 e. The molecule has 0 bridgehead atoms. The number of allylic oxidation sites excluding steroid dienone is 1. The van der Waals surface area contributed by atoms with Crippen LogP contribution in [0.2, 0.25) is 0 Å². The lowest BCUT2D eigenvalue weighted by molar-refractivity contribution is 0.352. The van der Waals surface area contributed by atoms with Crippen LogP contribution in [0.4, 0.5) is 0 Å². The third-order valence-electron chi connectivity index (χ3n) is 4.01. The number of aromatic hydroxyl groups is 2. The largest absolute Gasteiger partial charge is 0.508 e. The number of hydrogen-bond donors (Lipinski definition) is 2. The third kappa shape index (κ3) is 2.52. The highest BCUT2D eigenvalue weighted by atomic mass is 16.5. The van der Waals surface area contributed by atoms with Crippen LogP contribution < -0.4 is 4.74 Å². The SMILES string of the molecule is CC1=CCc2cc3cc(-c4cc(O)cc(O)c4)oc3cc2OC1. The molecule has 1 aliphatic heterocycles. The Morgan fingerprint density at radius 2 is 1.74 bits per heavy atom. The Morgan fingerprint density at radius 1 is 0.957 bits per heavy atom. The van der Waals surface area contributed by atoms with E-state index in [1.54, 1.807) is 12.1 Å². The lowest BCUT2D eigenvalue weighted by Gasteiger charge is -2.06. The van der Waals surface area contributed by atoms with E-state index in [-0.39, 0.29) is 11.5 Å². The van der Waals surface area contributed by atoms with Crippen LogP contribution >= 0.6 is 0 Å². The van der Waals surface area contributed by atoms with Gasteiger partial charge in [0.15, 0.2) is 0 Å². The highest BCUT2D eigenvalue weighted by Gasteiger charge is 2.14. The van der Waals surface area contributed by atoms with E-state index in [1.165, 1.54) is 11.6 Å². The Balaban J connectivity index is 1.82. The molecule has 0 saturated heterocycles. The molecule has 0 unspecified atom stereocenters. The van der Waals surface area contributed by atoms with Gasteiger partial charge in [0.2, 0.25) is 0 Å². The summed E-state index contributed by atoms with van der Waals surface area (Å²) in [5.74, 6) is 1.43. The molecule has 0 radical (unpaired) electrons. The van der Waals surface area contributed by atoms with Crippen molar-refractivity contribution in [2.45, 2.75) is 13.3 Å². The zero-order chi connectivity index (χ0) is 16.0. The summed E-state index contributed by atoms with van der Waals surface area (Å²) in [4.78, 5) is 0. The average Bonchev–Trinajstić information content (AvgIpc) is 2.83. The minimum Gasteiger partial charge on any atom is -0.508 e. The van der Waals surface area contributed by atoms with E-state index in [0.717, 1.165) is 28.7 Å². The Labute approximate surface area is 133 Å². The molecule has 0 atom stereocenters. The van der Waals surface area contributed by atoms with Gasteiger partial charge in [0, 0.05) is 23.1 Å². The van der Waals surface area contributed by atoms with Crippen LogP contribution in [0.15, 0.2) is 52.5 Å². The van der Waals surface area contributed by atoms with Gasteiger partial charge < -0.3 is 19.4 Å². The van der Waals surface area contributed by atoms with Crippen molar-refractivity contribution < 1.29 is 19.4 Å². The van der Waals surface area contributed by atoms with E-state index >= 15 is 0 Å². The number of phenols is 2. The van der Waals surface area contributed by atoms with Crippen LogP contribution in [0.25, 0.3) is 22.3 Å². The maximum absolute atomic E-state index is 9.63. The minimum atomic E-state index is 0.000170. The number of rotatable bonds is 1. The normalized spacial score (nSPS) is 14.0. The molecule has 0 fully saturated rings. The quantitative estimate of drug-likeness (QED) is 0.654. The molecule has 1 aromatic heterocycles. The van der Waals surface area contributed by atoms with Crippen molar-refractivity contribution in [1.82, 2.24) is 0 Å². The van der Waals surface area contributed by atoms with Gasteiger partial charge >= 0.3 is 0 Å². The van der Waals surface area contributed by atoms with Gasteiger partial charge in [-0.15, -0.1) is 0 Å². The molecular formula is C19H16O4. The van der Waals surface area contributed by atoms with Crippen molar-refractivity contribution in [1.29, 1.82) is 0 Å². The van der Waals surface area contributed by atoms with Crippen LogP contribution in [-0.4, -0.2) is 16.8 Å². The second-order valence-corrected chi connectivity index (χ2v) is 5.89. The summed E-state index contributed by atoms with van der Waals surface area (Å²) in [7, 11) is 0. The summed E-state index contributed by atoms with van der Waals surface area (Å²) < 4.78 is 11.7. The molecule has 0 amide bonds. The van der Waals surface area contributed by atoms with Crippen LogP contribution in [0.3, 0.4) is 0 Å². The van der Waals surface area contributed by atoms with Gasteiger partial charge in [0.25, 0.3) is 0 Å². The lowest BCUT2D eigenvalue weighted by atomic mass is 10.1. The van der Waals surface area contributed by atoms with E-state index in [0.29, 0.717) is 17.9 Å². The van der Waals surface area contributed by atoms with Gasteiger partial charge in [0.1, 0.15) is 35.2 Å². The number of phenolic OH excluding ortho intramolecular Hbond substituents is 2. The van der Waals surface area contributed by atoms with Crippen molar-refractivity contribution in [3.63, 3.8) is 0 Å². The summed E-state index contributed by atoms with van der Waals surface area (Å²) >= 11 is 0. The number of hydrogen-bond acceptors (Lipinski definition) is 4. The molecule has 0 aliphatic carbocycles. The fraction of sp³-hybridized carbons (Fsp3) is 0.158. The first-order valence-electron chi connectivity index (χ1n) is 7.47. The van der Waals surface area contributed by atoms with Crippen LogP contribution in [0, 0.1) is 0 Å². The Bertz CT molecular complexity index is 914. The van der Waals surface area contributed by atoms with Gasteiger partial charge in [-0.3, -0.25) is 0 Å². The van der Waals surface area contributed by atoms with Gasteiger partial charge in [0.05, 0.1) is 0 Å². The summed E-state index contributed by atoms with van der Waals surface area (Å²) in [5.41, 5.74) is 3.70. The third-order valence-corrected chi connectivity index (χ3v) is 4.01. The van der Waals surface area contributed by atoms with Crippen molar-refractivity contribution in [3.8, 4) is 28.6 Å². The van der Waals surface area contributed by atoms with E-state index in [4.69, 9.17) is 9.15 Å². The van der Waals surface area contributed by atoms with Crippen LogP contribution in [-0.2, 0) is 6.42 Å². The molecule has 0 spiro atoms. The first-order valence-corrected chi connectivity index (χ1v) is 7.47. The van der Waals surface area contributed by atoms with Gasteiger partial charge in [-0.1, -0.05) is 6.08 Å². The number of furan rings is 1. The number of benzene rings is 2. The summed E-state index contributed by atoms with van der Waals surface area (Å²) in [6.07, 6.45) is 3.01. The summed E-state index contributed by atoms with van der Waals surface area (Å²) in [6, 6.07) is 10.3. The molecule has 1 aliphatic rings. The summed E-state index contributed by atoms with van der Waals surface area (Å²) in [5, 5.41) is 20.2. The molecule has 0 saturated carbocycles. The molecule has 3 aromatic rings.